The van der Waals surface area contributed by atoms with Crippen LogP contribution in [-0.4, -0.2) is 28.7 Å². The third-order valence-electron chi connectivity index (χ3n) is 5.51. The van der Waals surface area contributed by atoms with Gasteiger partial charge in [0.2, 0.25) is 5.91 Å². The molecule has 0 aromatic heterocycles. The highest BCUT2D eigenvalue weighted by Gasteiger charge is 2.20. The zero-order valence-electron chi connectivity index (χ0n) is 20.5. The van der Waals surface area contributed by atoms with E-state index in [0.29, 0.717) is 16.9 Å². The summed E-state index contributed by atoms with van der Waals surface area (Å²) in [6.07, 6.45) is 0. The van der Waals surface area contributed by atoms with Gasteiger partial charge in [-0.25, -0.2) is 0 Å². The number of anilines is 2. The third-order valence-corrected chi connectivity index (χ3v) is 5.51. The highest BCUT2D eigenvalue weighted by Crippen LogP contribution is 2.24. The second-order valence-electron chi connectivity index (χ2n) is 9.32. The SMILES string of the molecule is CC(NC(=O)c1cccc([N+](=O)[O-])c1)C(=O)Nc1ccccc1NC(=O)c1ccc(C(C)(C)C)cc1. The molecule has 36 heavy (non-hydrogen) atoms. The number of nitrogens with zero attached hydrogens (tertiary/aromatic N) is 1. The number of hydrogen-bond acceptors (Lipinski definition) is 5. The maximum atomic E-state index is 12.8. The third kappa shape index (κ3) is 6.53. The molecule has 9 heteroatoms. The van der Waals surface area contributed by atoms with Crippen LogP contribution in [-0.2, 0) is 10.2 Å². The summed E-state index contributed by atoms with van der Waals surface area (Å²) in [5, 5.41) is 19.0. The van der Waals surface area contributed by atoms with Crippen molar-refractivity contribution in [2.75, 3.05) is 10.6 Å². The minimum Gasteiger partial charge on any atom is -0.341 e. The molecule has 0 aliphatic heterocycles. The molecule has 186 valence electrons. The van der Waals surface area contributed by atoms with Gasteiger partial charge in [-0.1, -0.05) is 51.1 Å². The van der Waals surface area contributed by atoms with Gasteiger partial charge in [-0.05, 0) is 48.2 Å². The van der Waals surface area contributed by atoms with E-state index in [-0.39, 0.29) is 22.6 Å². The molecule has 3 aromatic rings. The van der Waals surface area contributed by atoms with Crippen LogP contribution in [0.5, 0.6) is 0 Å². The van der Waals surface area contributed by atoms with Crippen LogP contribution >= 0.6 is 0 Å². The van der Waals surface area contributed by atoms with Crippen LogP contribution in [0.4, 0.5) is 17.1 Å². The number of hydrogen-bond donors (Lipinski definition) is 3. The molecule has 0 bridgehead atoms. The summed E-state index contributed by atoms with van der Waals surface area (Å²) in [6.45, 7) is 7.76. The number of non-ortho nitro benzene ring substituents is 1. The fraction of sp³-hybridized carbons (Fsp3) is 0.222. The summed E-state index contributed by atoms with van der Waals surface area (Å²) >= 11 is 0. The average Bonchev–Trinajstić information content (AvgIpc) is 2.84. The molecule has 3 rings (SSSR count). The van der Waals surface area contributed by atoms with Crippen LogP contribution < -0.4 is 16.0 Å². The van der Waals surface area contributed by atoms with Gasteiger partial charge in [0.05, 0.1) is 16.3 Å². The second-order valence-corrected chi connectivity index (χ2v) is 9.32. The van der Waals surface area contributed by atoms with Crippen LogP contribution in [0.1, 0.15) is 54.0 Å². The molecule has 9 nitrogen and oxygen atoms in total. The molecule has 0 aliphatic carbocycles. The molecule has 0 aliphatic rings. The lowest BCUT2D eigenvalue weighted by molar-refractivity contribution is -0.384. The van der Waals surface area contributed by atoms with E-state index in [0.717, 1.165) is 11.6 Å². The zero-order valence-corrected chi connectivity index (χ0v) is 20.5. The van der Waals surface area contributed by atoms with Crippen LogP contribution in [0, 0.1) is 10.1 Å². The Kier molecular flexibility index (Phi) is 7.83. The van der Waals surface area contributed by atoms with Gasteiger partial charge in [0.1, 0.15) is 6.04 Å². The zero-order chi connectivity index (χ0) is 26.5. The Bertz CT molecular complexity index is 1300. The minimum absolute atomic E-state index is 0.0345. The van der Waals surface area contributed by atoms with Crippen LogP contribution in [0.15, 0.2) is 72.8 Å². The van der Waals surface area contributed by atoms with Gasteiger partial charge in [0.25, 0.3) is 17.5 Å². The number of para-hydroxylation sites is 2. The van der Waals surface area contributed by atoms with E-state index in [9.17, 15) is 24.5 Å². The van der Waals surface area contributed by atoms with Gasteiger partial charge in [-0.2, -0.15) is 0 Å². The number of carbonyl (C=O) groups is 3. The van der Waals surface area contributed by atoms with Gasteiger partial charge in [0.15, 0.2) is 0 Å². The first kappa shape index (κ1) is 26.1. The Morgan fingerprint density at radius 2 is 1.42 bits per heavy atom. The Balaban J connectivity index is 1.67. The number of nitro groups is 1. The van der Waals surface area contributed by atoms with E-state index in [1.165, 1.54) is 25.1 Å². The number of nitro benzene ring substituents is 1. The summed E-state index contributed by atoms with van der Waals surface area (Å²) in [6, 6.07) is 18.3. The number of carbonyl (C=O) groups excluding carboxylic acids is 3. The van der Waals surface area contributed by atoms with E-state index in [2.05, 4.69) is 36.7 Å². The van der Waals surface area contributed by atoms with Crippen LogP contribution in [0.2, 0.25) is 0 Å². The van der Waals surface area contributed by atoms with Crippen molar-refractivity contribution < 1.29 is 19.3 Å². The van der Waals surface area contributed by atoms with Gasteiger partial charge >= 0.3 is 0 Å². The largest absolute Gasteiger partial charge is 0.341 e. The molecule has 0 saturated heterocycles. The van der Waals surface area contributed by atoms with Crippen molar-refractivity contribution in [3.8, 4) is 0 Å². The monoisotopic (exact) mass is 488 g/mol. The van der Waals surface area contributed by atoms with E-state index < -0.39 is 22.8 Å². The number of amides is 3. The predicted molar refractivity (Wildman–Crippen MR) is 138 cm³/mol. The Hall–Kier alpha value is -4.53. The summed E-state index contributed by atoms with van der Waals surface area (Å²) < 4.78 is 0. The normalized spacial score (nSPS) is 11.8. The Morgan fingerprint density at radius 3 is 2.00 bits per heavy atom. The first-order valence-corrected chi connectivity index (χ1v) is 11.3. The molecule has 3 aromatic carbocycles. The van der Waals surface area contributed by atoms with Crippen molar-refractivity contribution in [1.29, 1.82) is 0 Å². The average molecular weight is 489 g/mol. The Morgan fingerprint density at radius 1 is 0.806 bits per heavy atom. The molecule has 3 N–H and O–H groups in total. The minimum atomic E-state index is -0.953. The lowest BCUT2D eigenvalue weighted by Gasteiger charge is -2.19. The molecule has 0 heterocycles. The predicted octanol–water partition coefficient (Wildman–Crippen LogP) is 4.90. The number of rotatable bonds is 7. The fourth-order valence-corrected chi connectivity index (χ4v) is 3.36. The van der Waals surface area contributed by atoms with Gasteiger partial charge in [0, 0.05) is 23.3 Å². The summed E-state index contributed by atoms with van der Waals surface area (Å²) in [7, 11) is 0. The van der Waals surface area contributed by atoms with Gasteiger partial charge in [-0.15, -0.1) is 0 Å². The summed E-state index contributed by atoms with van der Waals surface area (Å²) in [5.41, 5.74) is 2.14. The van der Waals surface area contributed by atoms with Crippen molar-refractivity contribution in [2.24, 2.45) is 0 Å². The Labute approximate surface area is 209 Å². The van der Waals surface area contributed by atoms with Crippen molar-refractivity contribution >= 4 is 34.8 Å². The summed E-state index contributed by atoms with van der Waals surface area (Å²) in [5.74, 6) is -1.48. The molecule has 3 amide bonds. The molecule has 0 fully saturated rings. The molecule has 1 atom stereocenters. The lowest BCUT2D eigenvalue weighted by atomic mass is 9.87. The molecule has 0 saturated carbocycles. The van der Waals surface area contributed by atoms with Crippen LogP contribution in [0.25, 0.3) is 0 Å². The summed E-state index contributed by atoms with van der Waals surface area (Å²) in [4.78, 5) is 48.4. The molecule has 0 radical (unpaired) electrons. The van der Waals surface area contributed by atoms with Crippen molar-refractivity contribution in [3.63, 3.8) is 0 Å². The quantitative estimate of drug-likeness (QED) is 0.322. The molecule has 1 unspecified atom stereocenters. The number of nitrogens with one attached hydrogen (secondary N) is 3. The lowest BCUT2D eigenvalue weighted by Crippen LogP contribution is -2.41. The van der Waals surface area contributed by atoms with Crippen LogP contribution in [0.3, 0.4) is 0 Å². The topological polar surface area (TPSA) is 130 Å². The second kappa shape index (κ2) is 10.8. The van der Waals surface area contributed by atoms with E-state index >= 15 is 0 Å². The van der Waals surface area contributed by atoms with Crippen molar-refractivity contribution in [2.45, 2.75) is 39.2 Å². The molecular weight excluding hydrogens is 460 g/mol. The molecular formula is C27H28N4O5. The van der Waals surface area contributed by atoms with E-state index in [1.807, 2.05) is 12.1 Å². The smallest absolute Gasteiger partial charge is 0.270 e. The standard InChI is InChI=1S/C27H28N4O5/c1-17(28-26(34)19-8-7-9-21(16-19)31(35)36)24(32)29-22-10-5-6-11-23(22)30-25(33)18-12-14-20(15-13-18)27(2,3)4/h5-17H,1-4H3,(H,28,34)(H,29,32)(H,30,33). The van der Waals surface area contributed by atoms with E-state index in [1.54, 1.807) is 36.4 Å². The maximum absolute atomic E-state index is 12.8. The highest BCUT2D eigenvalue weighted by molar-refractivity contribution is 6.08. The van der Waals surface area contributed by atoms with Crippen molar-refractivity contribution in [3.05, 3.63) is 99.6 Å². The van der Waals surface area contributed by atoms with E-state index in [4.69, 9.17) is 0 Å². The first-order chi connectivity index (χ1) is 17.0. The first-order valence-electron chi connectivity index (χ1n) is 11.3. The van der Waals surface area contributed by atoms with Gasteiger partial charge in [-0.3, -0.25) is 24.5 Å². The van der Waals surface area contributed by atoms with Crippen molar-refractivity contribution in [1.82, 2.24) is 5.32 Å². The van der Waals surface area contributed by atoms with Gasteiger partial charge < -0.3 is 16.0 Å². The maximum Gasteiger partial charge on any atom is 0.270 e. The number of benzene rings is 3. The highest BCUT2D eigenvalue weighted by atomic mass is 16.6. The molecule has 0 spiro atoms. The fourth-order valence-electron chi connectivity index (χ4n) is 3.36.